The smallest absolute Gasteiger partial charge is 0.317 e. The molecule has 1 N–H and O–H groups in total. The van der Waals surface area contributed by atoms with Gasteiger partial charge in [0.1, 0.15) is 5.82 Å². The molecule has 3 rings (SSSR count). The first-order chi connectivity index (χ1) is 12.6. The molecular weight excluding hydrogens is 326 g/mol. The van der Waals surface area contributed by atoms with Crippen LogP contribution in [0.3, 0.4) is 0 Å². The molecule has 2 aliphatic rings. The molecule has 26 heavy (non-hydrogen) atoms. The summed E-state index contributed by atoms with van der Waals surface area (Å²) in [6.45, 7) is 3.75. The third-order valence-electron chi connectivity index (χ3n) is 5.76. The van der Waals surface area contributed by atoms with E-state index >= 15 is 0 Å². The van der Waals surface area contributed by atoms with E-state index in [0.717, 1.165) is 64.1 Å². The second-order valence-corrected chi connectivity index (χ2v) is 8.21. The van der Waals surface area contributed by atoms with Gasteiger partial charge < -0.3 is 19.7 Å². The van der Waals surface area contributed by atoms with Crippen LogP contribution in [0.25, 0.3) is 0 Å². The van der Waals surface area contributed by atoms with E-state index in [1.165, 1.54) is 19.3 Å². The quantitative estimate of drug-likeness (QED) is 0.847. The Morgan fingerprint density at radius 2 is 2.04 bits per heavy atom. The molecule has 0 aromatic carbocycles. The van der Waals surface area contributed by atoms with Gasteiger partial charge in [-0.05, 0) is 52.7 Å². The van der Waals surface area contributed by atoms with Crippen molar-refractivity contribution < 1.29 is 4.79 Å². The summed E-state index contributed by atoms with van der Waals surface area (Å²) >= 11 is 0. The summed E-state index contributed by atoms with van der Waals surface area (Å²) in [6, 6.07) is 0.511. The Kier molecular flexibility index (Phi) is 6.94. The molecule has 6 nitrogen and oxygen atoms in total. The maximum absolute atomic E-state index is 12.7. The van der Waals surface area contributed by atoms with Crippen molar-refractivity contribution in [2.24, 2.45) is 0 Å². The first-order valence-corrected chi connectivity index (χ1v) is 10.3. The topological polar surface area (TPSA) is 53.4 Å². The number of nitrogens with one attached hydrogen (secondary N) is 1. The number of urea groups is 1. The van der Waals surface area contributed by atoms with Gasteiger partial charge in [-0.25, -0.2) is 9.78 Å². The largest absolute Gasteiger partial charge is 0.335 e. The number of piperidine rings is 1. The fraction of sp³-hybridized carbons (Fsp3) is 0.800. The van der Waals surface area contributed by atoms with Crippen LogP contribution in [-0.2, 0) is 6.54 Å². The van der Waals surface area contributed by atoms with E-state index in [1.807, 2.05) is 11.1 Å². The second-order valence-electron chi connectivity index (χ2n) is 8.21. The molecule has 0 radical (unpaired) electrons. The molecule has 1 atom stereocenters. The molecule has 0 spiro atoms. The summed E-state index contributed by atoms with van der Waals surface area (Å²) in [6.07, 6.45) is 13.4. The number of likely N-dealkylation sites (tertiary alicyclic amines) is 1. The van der Waals surface area contributed by atoms with Crippen molar-refractivity contribution in [3.8, 4) is 0 Å². The lowest BCUT2D eigenvalue weighted by molar-refractivity contribution is 0.171. The zero-order chi connectivity index (χ0) is 18.4. The number of hydrogen-bond acceptors (Lipinski definition) is 3. The van der Waals surface area contributed by atoms with Gasteiger partial charge in [0.05, 0.1) is 0 Å². The Morgan fingerprint density at radius 3 is 2.81 bits per heavy atom. The number of aromatic nitrogens is 2. The molecule has 2 heterocycles. The predicted octanol–water partition coefficient (Wildman–Crippen LogP) is 3.06. The van der Waals surface area contributed by atoms with Gasteiger partial charge in [-0.1, -0.05) is 19.3 Å². The van der Waals surface area contributed by atoms with E-state index in [2.05, 4.69) is 40.1 Å². The molecular formula is C20H35N5O. The molecule has 1 aliphatic heterocycles. The van der Waals surface area contributed by atoms with Crippen molar-refractivity contribution in [2.75, 3.05) is 33.7 Å². The number of nitrogens with zero attached hydrogens (tertiary/aromatic N) is 4. The van der Waals surface area contributed by atoms with Gasteiger partial charge in [0.15, 0.2) is 0 Å². The Bertz CT molecular complexity index is 564. The number of carbonyl (C=O) groups excluding carboxylic acids is 1. The van der Waals surface area contributed by atoms with Gasteiger partial charge in [-0.3, -0.25) is 0 Å². The monoisotopic (exact) mass is 361 g/mol. The Hall–Kier alpha value is -1.56. The number of hydrogen-bond donors (Lipinski definition) is 1. The maximum Gasteiger partial charge on any atom is 0.317 e. The van der Waals surface area contributed by atoms with Crippen molar-refractivity contribution in [2.45, 2.75) is 69.9 Å². The molecule has 2 amide bonds. The first-order valence-electron chi connectivity index (χ1n) is 10.3. The van der Waals surface area contributed by atoms with E-state index in [1.54, 1.807) is 0 Å². The molecule has 1 saturated heterocycles. The number of carbonyl (C=O) groups is 1. The van der Waals surface area contributed by atoms with Crippen LogP contribution in [0.1, 0.15) is 63.1 Å². The first kappa shape index (κ1) is 19.2. The molecule has 0 bridgehead atoms. The average Bonchev–Trinajstić information content (AvgIpc) is 3.11. The molecule has 1 aromatic rings. The Morgan fingerprint density at radius 1 is 1.23 bits per heavy atom. The number of rotatable bonds is 6. The van der Waals surface area contributed by atoms with Gasteiger partial charge in [-0.2, -0.15) is 0 Å². The highest BCUT2D eigenvalue weighted by Gasteiger charge is 2.28. The minimum absolute atomic E-state index is 0.132. The van der Waals surface area contributed by atoms with Crippen molar-refractivity contribution in [1.29, 1.82) is 0 Å². The van der Waals surface area contributed by atoms with Gasteiger partial charge in [-0.15, -0.1) is 0 Å². The summed E-state index contributed by atoms with van der Waals surface area (Å²) in [5, 5.41) is 3.27. The van der Waals surface area contributed by atoms with E-state index in [9.17, 15) is 4.79 Å². The number of amides is 2. The van der Waals surface area contributed by atoms with Crippen LogP contribution in [-0.4, -0.2) is 65.2 Å². The van der Waals surface area contributed by atoms with Crippen LogP contribution in [0, 0.1) is 0 Å². The van der Waals surface area contributed by atoms with E-state index in [-0.39, 0.29) is 6.03 Å². The van der Waals surface area contributed by atoms with E-state index < -0.39 is 0 Å². The highest BCUT2D eigenvalue weighted by molar-refractivity contribution is 5.74. The lowest BCUT2D eigenvalue weighted by atomic mass is 9.95. The number of aryl methyl sites for hydroxylation is 1. The van der Waals surface area contributed by atoms with Crippen molar-refractivity contribution >= 4 is 6.03 Å². The van der Waals surface area contributed by atoms with Crippen LogP contribution in [0.4, 0.5) is 4.79 Å². The zero-order valence-corrected chi connectivity index (χ0v) is 16.5. The van der Waals surface area contributed by atoms with Crippen LogP contribution in [0.15, 0.2) is 12.4 Å². The highest BCUT2D eigenvalue weighted by atomic mass is 16.2. The molecule has 2 fully saturated rings. The van der Waals surface area contributed by atoms with Gasteiger partial charge in [0.2, 0.25) is 0 Å². The fourth-order valence-corrected chi connectivity index (χ4v) is 4.31. The summed E-state index contributed by atoms with van der Waals surface area (Å²) < 4.78 is 2.29. The van der Waals surface area contributed by atoms with Crippen LogP contribution in [0.5, 0.6) is 0 Å². The van der Waals surface area contributed by atoms with Crippen molar-refractivity contribution in [1.82, 2.24) is 24.7 Å². The molecule has 6 heteroatoms. The molecule has 146 valence electrons. The Balaban J connectivity index is 1.54. The van der Waals surface area contributed by atoms with Gasteiger partial charge in [0.25, 0.3) is 0 Å². The molecule has 1 aromatic heterocycles. The summed E-state index contributed by atoms with van der Waals surface area (Å²) in [7, 11) is 4.22. The molecule has 1 saturated carbocycles. The lowest BCUT2D eigenvalue weighted by Gasteiger charge is -2.34. The van der Waals surface area contributed by atoms with Crippen molar-refractivity contribution in [3.63, 3.8) is 0 Å². The number of imidazole rings is 1. The van der Waals surface area contributed by atoms with Crippen LogP contribution in [0.2, 0.25) is 0 Å². The van der Waals surface area contributed by atoms with E-state index in [0.29, 0.717) is 12.0 Å². The molecule has 1 aliphatic carbocycles. The summed E-state index contributed by atoms with van der Waals surface area (Å²) in [4.78, 5) is 21.6. The minimum atomic E-state index is 0.132. The van der Waals surface area contributed by atoms with Crippen molar-refractivity contribution in [3.05, 3.63) is 18.2 Å². The van der Waals surface area contributed by atoms with Gasteiger partial charge >= 0.3 is 6.03 Å². The standard InChI is InChI=1S/C20H35N5O/c1-23(2)12-7-14-24-15-11-21-19(24)17-8-6-13-25(16-17)20(26)22-18-9-4-3-5-10-18/h11,15,17-18H,3-10,12-14,16H2,1-2H3,(H,22,26). The van der Waals surface area contributed by atoms with Crippen LogP contribution >= 0.6 is 0 Å². The normalized spacial score (nSPS) is 22.0. The second kappa shape index (κ2) is 9.40. The summed E-state index contributed by atoms with van der Waals surface area (Å²) in [5.41, 5.74) is 0. The molecule has 1 unspecified atom stereocenters. The Labute approximate surface area is 157 Å². The maximum atomic E-state index is 12.7. The zero-order valence-electron chi connectivity index (χ0n) is 16.5. The minimum Gasteiger partial charge on any atom is -0.335 e. The third kappa shape index (κ3) is 5.22. The highest BCUT2D eigenvalue weighted by Crippen LogP contribution is 2.26. The van der Waals surface area contributed by atoms with E-state index in [4.69, 9.17) is 0 Å². The third-order valence-corrected chi connectivity index (χ3v) is 5.76. The predicted molar refractivity (Wildman–Crippen MR) is 104 cm³/mol. The van der Waals surface area contributed by atoms with Crippen LogP contribution < -0.4 is 5.32 Å². The fourth-order valence-electron chi connectivity index (χ4n) is 4.31. The SMILES string of the molecule is CN(C)CCCn1ccnc1C1CCCN(C(=O)NC2CCCCC2)C1. The lowest BCUT2D eigenvalue weighted by Crippen LogP contribution is -2.48. The average molecular weight is 362 g/mol. The summed E-state index contributed by atoms with van der Waals surface area (Å²) in [5.74, 6) is 1.51. The van der Waals surface area contributed by atoms with Gasteiger partial charge in [0, 0.05) is 44.0 Å².